The summed E-state index contributed by atoms with van der Waals surface area (Å²) in [4.78, 5) is 24.8. The lowest BCUT2D eigenvalue weighted by Crippen LogP contribution is -2.16. The fourth-order valence-corrected chi connectivity index (χ4v) is 2.35. The minimum absolute atomic E-state index is 0.106. The van der Waals surface area contributed by atoms with Gasteiger partial charge in [0.15, 0.2) is 0 Å². The van der Waals surface area contributed by atoms with Crippen molar-refractivity contribution in [3.8, 4) is 5.88 Å². The van der Waals surface area contributed by atoms with Crippen LogP contribution in [-0.4, -0.2) is 27.6 Å². The number of nitro groups is 1. The minimum Gasteiger partial charge on any atom is -0.478 e. The molecule has 0 aliphatic heterocycles. The highest BCUT2D eigenvalue weighted by atomic mass is 16.6. The largest absolute Gasteiger partial charge is 0.478 e. The molecule has 0 bridgehead atoms. The topological polar surface area (TPSA) is 103 Å². The molecule has 0 saturated heterocycles. The molecule has 1 aromatic rings. The van der Waals surface area contributed by atoms with Crippen molar-refractivity contribution in [1.29, 1.82) is 0 Å². The van der Waals surface area contributed by atoms with E-state index in [9.17, 15) is 14.9 Å². The third-order valence-electron chi connectivity index (χ3n) is 3.46. The molecule has 0 aromatic carbocycles. The van der Waals surface area contributed by atoms with Crippen LogP contribution in [0.25, 0.3) is 0 Å². The quantitative estimate of drug-likeness (QED) is 0.657. The van der Waals surface area contributed by atoms with Crippen LogP contribution in [0.4, 0.5) is 5.69 Å². The highest BCUT2D eigenvalue weighted by molar-refractivity contribution is 5.88. The lowest BCUT2D eigenvalue weighted by atomic mass is 9.90. The molecule has 108 valence electrons. The Morgan fingerprint density at radius 1 is 1.45 bits per heavy atom. The maximum Gasteiger partial charge on any atom is 0.337 e. The number of nitrogens with zero attached hydrogens (tertiary/aromatic N) is 2. The molecule has 1 aliphatic rings. The number of pyridine rings is 1. The molecule has 0 radical (unpaired) electrons. The average molecular weight is 280 g/mol. The number of hydrogen-bond acceptors (Lipinski definition) is 5. The van der Waals surface area contributed by atoms with Crippen molar-refractivity contribution in [2.24, 2.45) is 5.92 Å². The maximum absolute atomic E-state index is 10.9. The van der Waals surface area contributed by atoms with Crippen LogP contribution in [0.15, 0.2) is 12.3 Å². The minimum atomic E-state index is -1.25. The van der Waals surface area contributed by atoms with Crippen LogP contribution in [0.1, 0.15) is 42.5 Å². The Labute approximate surface area is 115 Å². The number of carboxylic acids is 1. The number of rotatable bonds is 5. The second-order valence-electron chi connectivity index (χ2n) is 4.93. The van der Waals surface area contributed by atoms with E-state index >= 15 is 0 Å². The summed E-state index contributed by atoms with van der Waals surface area (Å²) in [5.74, 6) is -0.964. The molecule has 0 atom stereocenters. The van der Waals surface area contributed by atoms with Crippen molar-refractivity contribution in [2.45, 2.75) is 32.1 Å². The fraction of sp³-hybridized carbons (Fsp3) is 0.538. The molecule has 1 heterocycles. The molecule has 1 aliphatic carbocycles. The molecule has 7 nitrogen and oxygen atoms in total. The molecular formula is C13H16N2O5. The molecule has 1 N–H and O–H groups in total. The van der Waals surface area contributed by atoms with Crippen molar-refractivity contribution >= 4 is 11.7 Å². The zero-order chi connectivity index (χ0) is 14.5. The third-order valence-corrected chi connectivity index (χ3v) is 3.46. The van der Waals surface area contributed by atoms with Crippen LogP contribution in [-0.2, 0) is 0 Å². The van der Waals surface area contributed by atoms with Gasteiger partial charge in [-0.3, -0.25) is 10.1 Å². The van der Waals surface area contributed by atoms with E-state index in [0.717, 1.165) is 37.9 Å². The monoisotopic (exact) mass is 280 g/mol. The SMILES string of the molecule is O=C(O)c1cnc(OCC2CCCCC2)c([N+](=O)[O-])c1. The van der Waals surface area contributed by atoms with Gasteiger partial charge in [0, 0.05) is 12.3 Å². The predicted molar refractivity (Wildman–Crippen MR) is 69.9 cm³/mol. The van der Waals surface area contributed by atoms with E-state index in [2.05, 4.69) is 4.98 Å². The van der Waals surface area contributed by atoms with Crippen LogP contribution >= 0.6 is 0 Å². The van der Waals surface area contributed by atoms with Gasteiger partial charge in [-0.1, -0.05) is 19.3 Å². The summed E-state index contributed by atoms with van der Waals surface area (Å²) >= 11 is 0. The molecule has 7 heteroatoms. The van der Waals surface area contributed by atoms with Gasteiger partial charge >= 0.3 is 11.7 Å². The van der Waals surface area contributed by atoms with Crippen LogP contribution in [0.2, 0.25) is 0 Å². The summed E-state index contributed by atoms with van der Waals surface area (Å²) in [5.41, 5.74) is -0.623. The van der Waals surface area contributed by atoms with Crippen molar-refractivity contribution in [3.05, 3.63) is 27.9 Å². The summed E-state index contributed by atoms with van der Waals surface area (Å²) < 4.78 is 5.43. The predicted octanol–water partition coefficient (Wildman–Crippen LogP) is 2.65. The Kier molecular flexibility index (Phi) is 4.49. The normalized spacial score (nSPS) is 15.8. The van der Waals surface area contributed by atoms with Crippen LogP contribution in [0, 0.1) is 16.0 Å². The number of carboxylic acid groups (broad SMARTS) is 1. The van der Waals surface area contributed by atoms with E-state index in [1.807, 2.05) is 0 Å². The summed E-state index contributed by atoms with van der Waals surface area (Å²) in [7, 11) is 0. The van der Waals surface area contributed by atoms with Gasteiger partial charge in [-0.2, -0.15) is 0 Å². The van der Waals surface area contributed by atoms with E-state index in [0.29, 0.717) is 12.5 Å². The second kappa shape index (κ2) is 6.31. The van der Waals surface area contributed by atoms with Gasteiger partial charge in [0.05, 0.1) is 17.1 Å². The van der Waals surface area contributed by atoms with E-state index in [4.69, 9.17) is 9.84 Å². The van der Waals surface area contributed by atoms with E-state index in [1.165, 1.54) is 6.42 Å². The first-order valence-electron chi connectivity index (χ1n) is 6.58. The highest BCUT2D eigenvalue weighted by Crippen LogP contribution is 2.28. The Balaban J connectivity index is 2.09. The lowest BCUT2D eigenvalue weighted by molar-refractivity contribution is -0.386. The molecule has 20 heavy (non-hydrogen) atoms. The molecular weight excluding hydrogens is 264 g/mol. The van der Waals surface area contributed by atoms with Crippen LogP contribution in [0.5, 0.6) is 5.88 Å². The van der Waals surface area contributed by atoms with Gasteiger partial charge < -0.3 is 9.84 Å². The smallest absolute Gasteiger partial charge is 0.337 e. The highest BCUT2D eigenvalue weighted by Gasteiger charge is 2.22. The van der Waals surface area contributed by atoms with Gasteiger partial charge in [0.25, 0.3) is 5.88 Å². The zero-order valence-electron chi connectivity index (χ0n) is 10.9. The van der Waals surface area contributed by atoms with Crippen molar-refractivity contribution in [1.82, 2.24) is 4.98 Å². The molecule has 2 rings (SSSR count). The van der Waals surface area contributed by atoms with Gasteiger partial charge in [0.1, 0.15) is 0 Å². The van der Waals surface area contributed by atoms with Gasteiger partial charge in [0.2, 0.25) is 0 Å². The van der Waals surface area contributed by atoms with Gasteiger partial charge in [-0.25, -0.2) is 9.78 Å². The molecule has 1 fully saturated rings. The van der Waals surface area contributed by atoms with Crippen molar-refractivity contribution < 1.29 is 19.6 Å². The van der Waals surface area contributed by atoms with E-state index in [1.54, 1.807) is 0 Å². The molecule has 0 spiro atoms. The number of ether oxygens (including phenoxy) is 1. The molecule has 0 unspecified atom stereocenters. The van der Waals surface area contributed by atoms with Crippen molar-refractivity contribution in [3.63, 3.8) is 0 Å². The fourth-order valence-electron chi connectivity index (χ4n) is 2.35. The Bertz CT molecular complexity index is 511. The molecule has 1 saturated carbocycles. The van der Waals surface area contributed by atoms with Crippen molar-refractivity contribution in [2.75, 3.05) is 6.61 Å². The van der Waals surface area contributed by atoms with E-state index < -0.39 is 16.6 Å². The van der Waals surface area contributed by atoms with Crippen LogP contribution < -0.4 is 4.74 Å². The van der Waals surface area contributed by atoms with Crippen LogP contribution in [0.3, 0.4) is 0 Å². The molecule has 0 amide bonds. The van der Waals surface area contributed by atoms with Gasteiger partial charge in [-0.05, 0) is 18.8 Å². The first kappa shape index (κ1) is 14.2. The third kappa shape index (κ3) is 3.43. The number of hydrogen-bond donors (Lipinski definition) is 1. The first-order chi connectivity index (χ1) is 9.58. The average Bonchev–Trinajstić information content (AvgIpc) is 2.45. The number of aromatic nitrogens is 1. The Morgan fingerprint density at radius 3 is 2.75 bits per heavy atom. The maximum atomic E-state index is 10.9. The van der Waals surface area contributed by atoms with Gasteiger partial charge in [-0.15, -0.1) is 0 Å². The summed E-state index contributed by atoms with van der Waals surface area (Å²) in [6.45, 7) is 0.389. The first-order valence-corrected chi connectivity index (χ1v) is 6.58. The lowest BCUT2D eigenvalue weighted by Gasteiger charge is -2.21. The second-order valence-corrected chi connectivity index (χ2v) is 4.93. The zero-order valence-corrected chi connectivity index (χ0v) is 10.9. The summed E-state index contributed by atoms with van der Waals surface area (Å²) in [6, 6.07) is 0.978. The summed E-state index contributed by atoms with van der Waals surface area (Å²) in [6.07, 6.45) is 6.72. The Hall–Kier alpha value is -2.18. The number of aromatic carboxylic acids is 1. The standard InChI is InChI=1S/C13H16N2O5/c16-13(17)10-6-11(15(18)19)12(14-7-10)20-8-9-4-2-1-3-5-9/h6-7,9H,1-5,8H2,(H,16,17). The van der Waals surface area contributed by atoms with E-state index in [-0.39, 0.29) is 11.4 Å². The Morgan fingerprint density at radius 2 is 2.15 bits per heavy atom. The number of carbonyl (C=O) groups is 1. The molecule has 1 aromatic heterocycles. The summed E-state index contributed by atoms with van der Waals surface area (Å²) in [5, 5.41) is 19.8.